The van der Waals surface area contributed by atoms with Gasteiger partial charge in [-0.25, -0.2) is 0 Å². The molecule has 0 saturated carbocycles. The van der Waals surface area contributed by atoms with Gasteiger partial charge >= 0.3 is 5.97 Å². The Morgan fingerprint density at radius 2 is 1.62 bits per heavy atom. The van der Waals surface area contributed by atoms with E-state index in [4.69, 9.17) is 5.11 Å². The lowest BCUT2D eigenvalue weighted by Crippen LogP contribution is -2.07. The van der Waals surface area contributed by atoms with E-state index in [1.165, 1.54) is 25.7 Å². The van der Waals surface area contributed by atoms with Crippen LogP contribution in [-0.2, 0) is 9.59 Å². The van der Waals surface area contributed by atoms with Crippen molar-refractivity contribution < 1.29 is 14.7 Å². The van der Waals surface area contributed by atoms with E-state index >= 15 is 0 Å². The van der Waals surface area contributed by atoms with Crippen molar-refractivity contribution in [3.05, 3.63) is 24.3 Å². The summed E-state index contributed by atoms with van der Waals surface area (Å²) in [7, 11) is 0. The lowest BCUT2D eigenvalue weighted by molar-refractivity contribution is -0.137. The van der Waals surface area contributed by atoms with Gasteiger partial charge < -0.3 is 5.11 Å². The molecule has 0 heterocycles. The van der Waals surface area contributed by atoms with Crippen LogP contribution in [0.4, 0.5) is 0 Å². The van der Waals surface area contributed by atoms with E-state index in [0.717, 1.165) is 44.9 Å². The van der Waals surface area contributed by atoms with Crippen LogP contribution in [-0.4, -0.2) is 16.9 Å². The van der Waals surface area contributed by atoms with Gasteiger partial charge in [-0.15, -0.1) is 0 Å². The van der Waals surface area contributed by atoms with Gasteiger partial charge in [0.05, 0.1) is 0 Å². The first-order chi connectivity index (χ1) is 11.6. The zero-order valence-corrected chi connectivity index (χ0v) is 15.6. The van der Waals surface area contributed by atoms with Crippen LogP contribution in [0.3, 0.4) is 0 Å². The lowest BCUT2D eigenvalue weighted by atomic mass is 9.96. The van der Waals surface area contributed by atoms with E-state index in [1.54, 1.807) is 6.92 Å². The second kappa shape index (κ2) is 16.5. The molecule has 24 heavy (non-hydrogen) atoms. The molecule has 1 N–H and O–H groups in total. The maximum atomic E-state index is 11.7. The van der Waals surface area contributed by atoms with Crippen molar-refractivity contribution in [2.75, 3.05) is 0 Å². The topological polar surface area (TPSA) is 54.4 Å². The number of carboxylic acid groups (broad SMARTS) is 1. The van der Waals surface area contributed by atoms with E-state index in [-0.39, 0.29) is 18.1 Å². The van der Waals surface area contributed by atoms with Gasteiger partial charge in [-0.1, -0.05) is 69.8 Å². The normalized spacial score (nSPS) is 12.9. The largest absolute Gasteiger partial charge is 0.481 e. The number of aliphatic carboxylic acids is 1. The van der Waals surface area contributed by atoms with Crippen LogP contribution in [0, 0.1) is 5.92 Å². The van der Waals surface area contributed by atoms with Gasteiger partial charge in [0.15, 0.2) is 0 Å². The van der Waals surface area contributed by atoms with E-state index in [9.17, 15) is 9.59 Å². The molecular formula is C21H36O3. The first-order valence-corrected chi connectivity index (χ1v) is 9.61. The first kappa shape index (κ1) is 22.6. The second-order valence-corrected chi connectivity index (χ2v) is 6.55. The molecule has 1 unspecified atom stereocenters. The summed E-state index contributed by atoms with van der Waals surface area (Å²) in [5.41, 5.74) is 0. The Balaban J connectivity index is 3.80. The SMILES string of the molecule is CCCCCCC=CC/C=C/C(CCCCCCC(=O)O)C(C)=O. The van der Waals surface area contributed by atoms with Crippen molar-refractivity contribution in [2.45, 2.75) is 90.9 Å². The molecule has 3 heteroatoms. The molecule has 3 nitrogen and oxygen atoms in total. The zero-order chi connectivity index (χ0) is 18.0. The van der Waals surface area contributed by atoms with Crippen molar-refractivity contribution in [1.29, 1.82) is 0 Å². The van der Waals surface area contributed by atoms with Crippen LogP contribution in [0.1, 0.15) is 90.9 Å². The fourth-order valence-corrected chi connectivity index (χ4v) is 2.65. The van der Waals surface area contributed by atoms with Crippen molar-refractivity contribution in [1.82, 2.24) is 0 Å². The van der Waals surface area contributed by atoms with E-state index in [2.05, 4.69) is 25.2 Å². The third-order valence-corrected chi connectivity index (χ3v) is 4.21. The van der Waals surface area contributed by atoms with Crippen molar-refractivity contribution >= 4 is 11.8 Å². The van der Waals surface area contributed by atoms with Crippen LogP contribution >= 0.6 is 0 Å². The van der Waals surface area contributed by atoms with Gasteiger partial charge in [-0.05, 0) is 39.0 Å². The molecule has 0 aromatic carbocycles. The van der Waals surface area contributed by atoms with Crippen molar-refractivity contribution in [3.63, 3.8) is 0 Å². The molecule has 0 aliphatic rings. The predicted octanol–water partition coefficient (Wildman–Crippen LogP) is 6.09. The maximum Gasteiger partial charge on any atom is 0.303 e. The van der Waals surface area contributed by atoms with Crippen LogP contribution in [0.2, 0.25) is 0 Å². The van der Waals surface area contributed by atoms with Crippen LogP contribution in [0.25, 0.3) is 0 Å². The summed E-state index contributed by atoms with van der Waals surface area (Å²) in [5.74, 6) is -0.485. The fraction of sp³-hybridized carbons (Fsp3) is 0.714. The monoisotopic (exact) mass is 336 g/mol. The second-order valence-electron chi connectivity index (χ2n) is 6.55. The summed E-state index contributed by atoms with van der Waals surface area (Å²) >= 11 is 0. The van der Waals surface area contributed by atoms with E-state index < -0.39 is 5.97 Å². The molecule has 0 bridgehead atoms. The first-order valence-electron chi connectivity index (χ1n) is 9.61. The Bertz CT molecular complexity index is 383. The minimum absolute atomic E-state index is 0.0161. The molecule has 0 aliphatic heterocycles. The van der Waals surface area contributed by atoms with Gasteiger partial charge in [0.1, 0.15) is 5.78 Å². The van der Waals surface area contributed by atoms with Crippen LogP contribution < -0.4 is 0 Å². The standard InChI is InChI=1S/C21H36O3/c1-3-4-5-6-7-8-9-10-13-16-20(19(2)22)17-14-11-12-15-18-21(23)24/h8-9,13,16,20H,3-7,10-12,14-15,17-18H2,1-2H3,(H,23,24)/b9-8?,16-13+. The summed E-state index contributed by atoms with van der Waals surface area (Å²) in [6.45, 7) is 3.88. The molecule has 0 spiro atoms. The Morgan fingerprint density at radius 1 is 0.917 bits per heavy atom. The molecule has 0 rings (SSSR count). The molecule has 0 aromatic heterocycles. The van der Waals surface area contributed by atoms with Crippen molar-refractivity contribution in [2.24, 2.45) is 5.92 Å². The number of hydrogen-bond donors (Lipinski definition) is 1. The van der Waals surface area contributed by atoms with Gasteiger partial charge in [0, 0.05) is 12.3 Å². The fourth-order valence-electron chi connectivity index (χ4n) is 2.65. The summed E-state index contributed by atoms with van der Waals surface area (Å²) in [4.78, 5) is 22.1. The number of allylic oxidation sites excluding steroid dienone is 4. The van der Waals surface area contributed by atoms with Gasteiger partial charge in [-0.2, -0.15) is 0 Å². The van der Waals surface area contributed by atoms with Crippen LogP contribution in [0.15, 0.2) is 24.3 Å². The molecular weight excluding hydrogens is 300 g/mol. The minimum atomic E-state index is -0.724. The molecule has 0 aliphatic carbocycles. The highest BCUT2D eigenvalue weighted by atomic mass is 16.4. The van der Waals surface area contributed by atoms with Gasteiger partial charge in [-0.3, -0.25) is 9.59 Å². The Morgan fingerprint density at radius 3 is 2.29 bits per heavy atom. The summed E-state index contributed by atoms with van der Waals surface area (Å²) < 4.78 is 0. The Labute approximate surface area is 148 Å². The summed E-state index contributed by atoms with van der Waals surface area (Å²) in [6, 6.07) is 0. The Kier molecular flexibility index (Phi) is 15.5. The number of rotatable bonds is 16. The number of unbranched alkanes of at least 4 members (excludes halogenated alkanes) is 7. The molecule has 138 valence electrons. The molecule has 0 radical (unpaired) electrons. The van der Waals surface area contributed by atoms with E-state index in [0.29, 0.717) is 0 Å². The molecule has 0 amide bonds. The number of carbonyl (C=O) groups excluding carboxylic acids is 1. The van der Waals surface area contributed by atoms with Gasteiger partial charge in [0.2, 0.25) is 0 Å². The van der Waals surface area contributed by atoms with E-state index in [1.807, 2.05) is 6.08 Å². The molecule has 1 atom stereocenters. The number of carboxylic acids is 1. The number of ketones is 1. The van der Waals surface area contributed by atoms with Crippen molar-refractivity contribution in [3.8, 4) is 0 Å². The highest BCUT2D eigenvalue weighted by Crippen LogP contribution is 2.14. The lowest BCUT2D eigenvalue weighted by Gasteiger charge is -2.08. The number of Topliss-reactive ketones (excluding diaryl/α,β-unsaturated/α-hetero) is 1. The average Bonchev–Trinajstić information content (AvgIpc) is 2.53. The van der Waals surface area contributed by atoms with Gasteiger partial charge in [0.25, 0.3) is 0 Å². The summed E-state index contributed by atoms with van der Waals surface area (Å²) in [6.07, 6.45) is 20.6. The minimum Gasteiger partial charge on any atom is -0.481 e. The molecule has 0 aromatic rings. The number of carbonyl (C=O) groups is 2. The maximum absolute atomic E-state index is 11.7. The van der Waals surface area contributed by atoms with Crippen LogP contribution in [0.5, 0.6) is 0 Å². The quantitative estimate of drug-likeness (QED) is 0.274. The third-order valence-electron chi connectivity index (χ3n) is 4.21. The summed E-state index contributed by atoms with van der Waals surface area (Å²) in [5, 5.41) is 8.58. The highest BCUT2D eigenvalue weighted by molar-refractivity contribution is 5.79. The zero-order valence-electron chi connectivity index (χ0n) is 15.6. The third kappa shape index (κ3) is 15.5. The number of hydrogen-bond acceptors (Lipinski definition) is 2. The predicted molar refractivity (Wildman–Crippen MR) is 101 cm³/mol. The highest BCUT2D eigenvalue weighted by Gasteiger charge is 2.09. The smallest absolute Gasteiger partial charge is 0.303 e. The molecule has 0 fully saturated rings. The Hall–Kier alpha value is -1.38. The molecule has 0 saturated heterocycles. The average molecular weight is 337 g/mol.